The second-order valence-electron chi connectivity index (χ2n) is 6.56. The molecule has 2 aliphatic rings. The van der Waals surface area contributed by atoms with E-state index in [4.69, 9.17) is 4.74 Å². The molecule has 2 saturated heterocycles. The zero-order valence-electron chi connectivity index (χ0n) is 12.7. The summed E-state index contributed by atoms with van der Waals surface area (Å²) in [5, 5.41) is 3.43. The van der Waals surface area contributed by atoms with Crippen LogP contribution in [0.15, 0.2) is 0 Å². The number of rotatable bonds is 5. The molecule has 1 N–H and O–H groups in total. The third-order valence-electron chi connectivity index (χ3n) is 4.10. The zero-order chi connectivity index (χ0) is 13.0. The Kier molecular flexibility index (Phi) is 7.05. The molecule has 0 amide bonds. The first-order valence-corrected chi connectivity index (χ1v) is 7.27. The van der Waals surface area contributed by atoms with Crippen molar-refractivity contribution in [2.24, 2.45) is 5.41 Å². The van der Waals surface area contributed by atoms with Crippen LogP contribution in [0.4, 0.5) is 0 Å². The number of piperazine rings is 1. The summed E-state index contributed by atoms with van der Waals surface area (Å²) >= 11 is 0. The van der Waals surface area contributed by atoms with Crippen LogP contribution in [0, 0.1) is 5.41 Å². The molecule has 1 atom stereocenters. The molecule has 1 unspecified atom stereocenters. The smallest absolute Gasteiger partial charge is 0.0525 e. The molecule has 2 rings (SSSR count). The van der Waals surface area contributed by atoms with E-state index >= 15 is 0 Å². The molecule has 0 spiro atoms. The minimum atomic E-state index is 0. The fraction of sp³-hybridized carbons (Fsp3) is 1.00. The van der Waals surface area contributed by atoms with E-state index in [9.17, 15) is 0 Å². The van der Waals surface area contributed by atoms with Crippen LogP contribution in [-0.2, 0) is 4.74 Å². The lowest BCUT2D eigenvalue weighted by Crippen LogP contribution is -2.49. The molecular weight excluding hydrogens is 262 g/mol. The van der Waals surface area contributed by atoms with Crippen LogP contribution in [0.1, 0.15) is 20.3 Å². The van der Waals surface area contributed by atoms with Crippen LogP contribution in [0.5, 0.6) is 0 Å². The van der Waals surface area contributed by atoms with Crippen LogP contribution >= 0.6 is 12.4 Å². The van der Waals surface area contributed by atoms with Crippen molar-refractivity contribution in [1.82, 2.24) is 15.1 Å². The Bertz CT molecular complexity index is 257. The normalized spacial score (nSPS) is 26.4. The summed E-state index contributed by atoms with van der Waals surface area (Å²) in [5.74, 6) is 0. The third kappa shape index (κ3) is 5.20. The fourth-order valence-electron chi connectivity index (χ4n) is 3.34. The van der Waals surface area contributed by atoms with E-state index in [0.717, 1.165) is 32.3 Å². The number of ether oxygens (including phenoxy) is 1. The number of nitrogens with zero attached hydrogens (tertiary/aromatic N) is 2. The van der Waals surface area contributed by atoms with E-state index in [2.05, 4.69) is 29.0 Å². The molecule has 19 heavy (non-hydrogen) atoms. The van der Waals surface area contributed by atoms with E-state index < -0.39 is 0 Å². The molecule has 114 valence electrons. The molecule has 2 heterocycles. The van der Waals surface area contributed by atoms with Gasteiger partial charge in [0.15, 0.2) is 0 Å². The van der Waals surface area contributed by atoms with Gasteiger partial charge in [-0.3, -0.25) is 4.90 Å². The van der Waals surface area contributed by atoms with Crippen LogP contribution in [-0.4, -0.2) is 75.4 Å². The Labute approximate surface area is 124 Å². The molecule has 4 nitrogen and oxygen atoms in total. The number of methoxy groups -OCH3 is 1. The molecule has 0 aliphatic carbocycles. The number of nitrogens with one attached hydrogen (secondary N) is 1. The summed E-state index contributed by atoms with van der Waals surface area (Å²) in [6.07, 6.45) is 1.34. The third-order valence-corrected chi connectivity index (χ3v) is 4.10. The first-order valence-electron chi connectivity index (χ1n) is 7.27. The van der Waals surface area contributed by atoms with Gasteiger partial charge in [0, 0.05) is 57.8 Å². The van der Waals surface area contributed by atoms with Crippen molar-refractivity contribution in [2.75, 3.05) is 59.5 Å². The fourth-order valence-corrected chi connectivity index (χ4v) is 3.34. The highest BCUT2D eigenvalue weighted by Gasteiger charge is 2.31. The van der Waals surface area contributed by atoms with Crippen molar-refractivity contribution in [3.8, 4) is 0 Å². The lowest BCUT2D eigenvalue weighted by atomic mass is 9.94. The largest absolute Gasteiger partial charge is 0.384 e. The topological polar surface area (TPSA) is 27.7 Å². The van der Waals surface area contributed by atoms with E-state index in [1.807, 2.05) is 0 Å². The van der Waals surface area contributed by atoms with Gasteiger partial charge in [-0.05, 0) is 13.0 Å². The average Bonchev–Trinajstić information content (AvgIpc) is 2.77. The SMILES string of the molecule is COCC(C)(C)CN1CCC(N2CCNCC2)C1.Cl. The summed E-state index contributed by atoms with van der Waals surface area (Å²) in [5.41, 5.74) is 0.271. The van der Waals surface area contributed by atoms with E-state index in [-0.39, 0.29) is 17.8 Å². The highest BCUT2D eigenvalue weighted by atomic mass is 35.5. The molecule has 0 bridgehead atoms. The average molecular weight is 292 g/mol. The molecule has 0 radical (unpaired) electrons. The minimum absolute atomic E-state index is 0. The van der Waals surface area contributed by atoms with Crippen molar-refractivity contribution in [3.63, 3.8) is 0 Å². The summed E-state index contributed by atoms with van der Waals surface area (Å²) in [4.78, 5) is 5.28. The summed E-state index contributed by atoms with van der Waals surface area (Å²) in [6, 6.07) is 0.783. The summed E-state index contributed by atoms with van der Waals surface area (Å²) < 4.78 is 5.31. The van der Waals surface area contributed by atoms with Gasteiger partial charge < -0.3 is 15.0 Å². The molecular formula is C14H30ClN3O. The monoisotopic (exact) mass is 291 g/mol. The van der Waals surface area contributed by atoms with Crippen molar-refractivity contribution >= 4 is 12.4 Å². The van der Waals surface area contributed by atoms with Crippen LogP contribution in [0.25, 0.3) is 0 Å². The van der Waals surface area contributed by atoms with Crippen molar-refractivity contribution < 1.29 is 4.74 Å². The van der Waals surface area contributed by atoms with Crippen molar-refractivity contribution in [3.05, 3.63) is 0 Å². The highest BCUT2D eigenvalue weighted by Crippen LogP contribution is 2.22. The molecule has 2 fully saturated rings. The standard InChI is InChI=1S/C14H29N3O.ClH/c1-14(2,12-18-3)11-16-7-4-13(10-16)17-8-5-15-6-9-17;/h13,15H,4-12H2,1-3H3;1H. The highest BCUT2D eigenvalue weighted by molar-refractivity contribution is 5.85. The quantitative estimate of drug-likeness (QED) is 0.820. The predicted octanol–water partition coefficient (Wildman–Crippen LogP) is 1.06. The zero-order valence-corrected chi connectivity index (χ0v) is 13.5. The summed E-state index contributed by atoms with van der Waals surface area (Å²) in [6.45, 7) is 13.9. The van der Waals surface area contributed by atoms with Gasteiger partial charge in [-0.25, -0.2) is 0 Å². The Morgan fingerprint density at radius 2 is 1.89 bits per heavy atom. The number of likely N-dealkylation sites (tertiary alicyclic amines) is 1. The number of hydrogen-bond donors (Lipinski definition) is 1. The molecule has 5 heteroatoms. The van der Waals surface area contributed by atoms with E-state index in [1.54, 1.807) is 7.11 Å². The first-order chi connectivity index (χ1) is 8.61. The molecule has 0 aromatic carbocycles. The van der Waals surface area contributed by atoms with Crippen LogP contribution < -0.4 is 5.32 Å². The van der Waals surface area contributed by atoms with Crippen molar-refractivity contribution in [1.29, 1.82) is 0 Å². The number of hydrogen-bond acceptors (Lipinski definition) is 4. The van der Waals surface area contributed by atoms with Gasteiger partial charge in [0.1, 0.15) is 0 Å². The van der Waals surface area contributed by atoms with E-state index in [1.165, 1.54) is 32.6 Å². The molecule has 2 aliphatic heterocycles. The lowest BCUT2D eigenvalue weighted by Gasteiger charge is -2.34. The lowest BCUT2D eigenvalue weighted by molar-refractivity contribution is 0.0733. The van der Waals surface area contributed by atoms with Gasteiger partial charge in [-0.15, -0.1) is 12.4 Å². The van der Waals surface area contributed by atoms with Crippen LogP contribution in [0.3, 0.4) is 0 Å². The molecule has 0 aromatic rings. The predicted molar refractivity (Wildman–Crippen MR) is 82.2 cm³/mol. The maximum atomic E-state index is 5.31. The second-order valence-corrected chi connectivity index (χ2v) is 6.56. The van der Waals surface area contributed by atoms with Crippen LogP contribution in [0.2, 0.25) is 0 Å². The molecule has 0 aromatic heterocycles. The van der Waals surface area contributed by atoms with Gasteiger partial charge in [0.05, 0.1) is 6.61 Å². The van der Waals surface area contributed by atoms with Crippen molar-refractivity contribution in [2.45, 2.75) is 26.3 Å². The van der Waals surface area contributed by atoms with Gasteiger partial charge in [0.25, 0.3) is 0 Å². The first kappa shape index (κ1) is 17.2. The van der Waals surface area contributed by atoms with Gasteiger partial charge in [-0.2, -0.15) is 0 Å². The Morgan fingerprint density at radius 1 is 1.21 bits per heavy atom. The maximum Gasteiger partial charge on any atom is 0.0525 e. The van der Waals surface area contributed by atoms with E-state index in [0.29, 0.717) is 0 Å². The second kappa shape index (κ2) is 7.79. The minimum Gasteiger partial charge on any atom is -0.384 e. The Balaban J connectivity index is 0.00000180. The van der Waals surface area contributed by atoms with Gasteiger partial charge in [-0.1, -0.05) is 13.8 Å². The molecule has 0 saturated carbocycles. The summed E-state index contributed by atoms with van der Waals surface area (Å²) in [7, 11) is 1.80. The Morgan fingerprint density at radius 3 is 2.53 bits per heavy atom. The maximum absolute atomic E-state index is 5.31. The number of halogens is 1. The van der Waals surface area contributed by atoms with Gasteiger partial charge >= 0.3 is 0 Å². The Hall–Kier alpha value is 0.130. The van der Waals surface area contributed by atoms with Gasteiger partial charge in [0.2, 0.25) is 0 Å².